The molecule has 7 nitrogen and oxygen atoms in total. The molecular weight excluding hydrogens is 376 g/mol. The summed E-state index contributed by atoms with van der Waals surface area (Å²) >= 11 is 0. The summed E-state index contributed by atoms with van der Waals surface area (Å²) in [7, 11) is 0. The van der Waals surface area contributed by atoms with E-state index in [-0.39, 0.29) is 11.9 Å². The largest absolute Gasteiger partial charge is 0.382 e. The fraction of sp³-hybridized carbons (Fsp3) is 0.217. The number of nitrogens with one attached hydrogen (secondary N) is 3. The molecule has 0 saturated carbocycles. The van der Waals surface area contributed by atoms with E-state index in [1.807, 2.05) is 36.5 Å². The van der Waals surface area contributed by atoms with Crippen molar-refractivity contribution in [3.63, 3.8) is 0 Å². The van der Waals surface area contributed by atoms with Crippen molar-refractivity contribution in [1.29, 1.82) is 0 Å². The summed E-state index contributed by atoms with van der Waals surface area (Å²) in [6.45, 7) is 4.64. The number of hydrogen-bond acceptors (Lipinski definition) is 5. The lowest BCUT2D eigenvalue weighted by atomic mass is 10.0. The highest BCUT2D eigenvalue weighted by Crippen LogP contribution is 2.30. The first-order chi connectivity index (χ1) is 14.6. The second kappa shape index (κ2) is 8.73. The predicted octanol–water partition coefficient (Wildman–Crippen LogP) is 3.81. The maximum atomic E-state index is 13.0. The monoisotopic (exact) mass is 400 g/mol. The molecule has 3 aromatic heterocycles. The average Bonchev–Trinajstić information content (AvgIpc) is 3.29. The second-order valence-electron chi connectivity index (χ2n) is 7.43. The van der Waals surface area contributed by atoms with Gasteiger partial charge in [-0.3, -0.25) is 19.9 Å². The first-order valence-electron chi connectivity index (χ1n) is 9.97. The Morgan fingerprint density at radius 3 is 2.67 bits per heavy atom. The molecule has 0 unspecified atom stereocenters. The number of anilines is 1. The second-order valence-corrected chi connectivity index (χ2v) is 7.43. The molecule has 4 aromatic rings. The molecule has 0 atom stereocenters. The molecule has 0 spiro atoms. The van der Waals surface area contributed by atoms with Gasteiger partial charge in [0.25, 0.3) is 5.91 Å². The van der Waals surface area contributed by atoms with Gasteiger partial charge in [0.2, 0.25) is 0 Å². The van der Waals surface area contributed by atoms with E-state index in [0.29, 0.717) is 12.1 Å². The summed E-state index contributed by atoms with van der Waals surface area (Å²) in [5, 5.41) is 14.2. The Morgan fingerprint density at radius 1 is 1.10 bits per heavy atom. The fourth-order valence-electron chi connectivity index (χ4n) is 3.36. The van der Waals surface area contributed by atoms with Gasteiger partial charge in [-0.15, -0.1) is 0 Å². The molecule has 0 radical (unpaired) electrons. The molecular formula is C23H24N6O. The van der Waals surface area contributed by atoms with Gasteiger partial charge < -0.3 is 10.6 Å². The van der Waals surface area contributed by atoms with Crippen LogP contribution in [0.4, 0.5) is 5.69 Å². The molecule has 0 aliphatic carbocycles. The zero-order valence-corrected chi connectivity index (χ0v) is 17.0. The number of carbonyl (C=O) groups excluding carboxylic acids is 1. The molecule has 3 N–H and O–H groups in total. The van der Waals surface area contributed by atoms with Crippen LogP contribution in [0.25, 0.3) is 22.0 Å². The van der Waals surface area contributed by atoms with Crippen LogP contribution in [-0.4, -0.2) is 38.7 Å². The van der Waals surface area contributed by atoms with Crippen LogP contribution in [0.15, 0.2) is 61.3 Å². The molecule has 1 amide bonds. The van der Waals surface area contributed by atoms with Crippen molar-refractivity contribution >= 4 is 22.5 Å². The van der Waals surface area contributed by atoms with E-state index >= 15 is 0 Å². The first-order valence-corrected chi connectivity index (χ1v) is 9.97. The van der Waals surface area contributed by atoms with Gasteiger partial charge in [0.05, 0.1) is 23.0 Å². The highest BCUT2D eigenvalue weighted by Gasteiger charge is 2.17. The third kappa shape index (κ3) is 4.30. The normalized spacial score (nSPS) is 11.0. The molecule has 3 heterocycles. The lowest BCUT2D eigenvalue weighted by molar-refractivity contribution is 0.0954. The molecule has 152 valence electrons. The standard InChI is InChI=1S/C23H24N6O/c1-15(2)29-22-19-11-17(18-12-27-28-13-18)3-4-21(19)26-14-20(22)23(30)25-10-7-16-5-8-24-9-6-16/h3-6,8-9,11-15H,7,10H2,1-2H3,(H,25,30)(H,26,29)(H,27,28). The molecule has 0 aliphatic rings. The van der Waals surface area contributed by atoms with E-state index in [1.165, 1.54) is 0 Å². The Hall–Kier alpha value is -3.74. The number of H-pyrrole nitrogens is 1. The fourth-order valence-corrected chi connectivity index (χ4v) is 3.36. The Kier molecular flexibility index (Phi) is 5.70. The highest BCUT2D eigenvalue weighted by molar-refractivity contribution is 6.07. The number of fused-ring (bicyclic) bond motifs is 1. The quantitative estimate of drug-likeness (QED) is 0.438. The third-order valence-corrected chi connectivity index (χ3v) is 4.83. The number of carbonyl (C=O) groups is 1. The summed E-state index contributed by atoms with van der Waals surface area (Å²) in [5.41, 5.74) is 5.29. The summed E-state index contributed by atoms with van der Waals surface area (Å²) in [6, 6.07) is 10.1. The van der Waals surface area contributed by atoms with Crippen LogP contribution in [0, 0.1) is 0 Å². The Labute approximate surface area is 175 Å². The van der Waals surface area contributed by atoms with Crippen molar-refractivity contribution in [3.8, 4) is 11.1 Å². The number of benzene rings is 1. The van der Waals surface area contributed by atoms with Crippen molar-refractivity contribution in [2.24, 2.45) is 0 Å². The van der Waals surface area contributed by atoms with Gasteiger partial charge in [0, 0.05) is 48.3 Å². The Balaban J connectivity index is 1.64. The zero-order chi connectivity index (χ0) is 20.9. The highest BCUT2D eigenvalue weighted by atomic mass is 16.1. The van der Waals surface area contributed by atoms with Crippen LogP contribution in [0.3, 0.4) is 0 Å². The van der Waals surface area contributed by atoms with Gasteiger partial charge in [-0.2, -0.15) is 5.10 Å². The number of pyridine rings is 2. The summed E-state index contributed by atoms with van der Waals surface area (Å²) < 4.78 is 0. The number of rotatable bonds is 7. The number of amides is 1. The molecule has 0 saturated heterocycles. The van der Waals surface area contributed by atoms with Crippen LogP contribution in [0.1, 0.15) is 29.8 Å². The van der Waals surface area contributed by atoms with Crippen molar-refractivity contribution in [2.45, 2.75) is 26.3 Å². The molecule has 4 rings (SSSR count). The molecule has 30 heavy (non-hydrogen) atoms. The van der Waals surface area contributed by atoms with Crippen molar-refractivity contribution in [2.75, 3.05) is 11.9 Å². The topological polar surface area (TPSA) is 95.6 Å². The number of nitrogens with zero attached hydrogens (tertiary/aromatic N) is 3. The minimum Gasteiger partial charge on any atom is -0.382 e. The minimum absolute atomic E-state index is 0.143. The zero-order valence-electron chi connectivity index (χ0n) is 17.0. The lowest BCUT2D eigenvalue weighted by Gasteiger charge is -2.17. The van der Waals surface area contributed by atoms with Crippen molar-refractivity contribution < 1.29 is 4.79 Å². The molecule has 7 heteroatoms. The maximum absolute atomic E-state index is 13.0. The minimum atomic E-state index is -0.143. The van der Waals surface area contributed by atoms with Crippen molar-refractivity contribution in [1.82, 2.24) is 25.5 Å². The summed E-state index contributed by atoms with van der Waals surface area (Å²) in [6.07, 6.45) is 9.53. The van der Waals surface area contributed by atoms with Crippen LogP contribution >= 0.6 is 0 Å². The van der Waals surface area contributed by atoms with Gasteiger partial charge in [0.15, 0.2) is 0 Å². The van der Waals surface area contributed by atoms with E-state index < -0.39 is 0 Å². The van der Waals surface area contributed by atoms with Crippen LogP contribution in [-0.2, 0) is 6.42 Å². The van der Waals surface area contributed by atoms with Gasteiger partial charge in [-0.25, -0.2) is 0 Å². The smallest absolute Gasteiger partial charge is 0.254 e. The van der Waals surface area contributed by atoms with E-state index in [9.17, 15) is 4.79 Å². The predicted molar refractivity (Wildman–Crippen MR) is 118 cm³/mol. The van der Waals surface area contributed by atoms with E-state index in [1.54, 1.807) is 24.8 Å². The van der Waals surface area contributed by atoms with Gasteiger partial charge in [-0.05, 0) is 55.7 Å². The number of hydrogen-bond donors (Lipinski definition) is 3. The summed E-state index contributed by atoms with van der Waals surface area (Å²) in [4.78, 5) is 21.5. The van der Waals surface area contributed by atoms with Crippen molar-refractivity contribution in [3.05, 3.63) is 72.4 Å². The maximum Gasteiger partial charge on any atom is 0.254 e. The van der Waals surface area contributed by atoms with Crippen LogP contribution in [0.5, 0.6) is 0 Å². The Morgan fingerprint density at radius 2 is 1.93 bits per heavy atom. The molecule has 1 aromatic carbocycles. The molecule has 0 bridgehead atoms. The lowest BCUT2D eigenvalue weighted by Crippen LogP contribution is -2.27. The van der Waals surface area contributed by atoms with E-state index in [4.69, 9.17) is 0 Å². The first kappa shape index (κ1) is 19.6. The molecule has 0 fully saturated rings. The summed E-state index contributed by atoms with van der Waals surface area (Å²) in [5.74, 6) is -0.143. The van der Waals surface area contributed by atoms with Crippen LogP contribution in [0.2, 0.25) is 0 Å². The van der Waals surface area contributed by atoms with Gasteiger partial charge in [0.1, 0.15) is 0 Å². The van der Waals surface area contributed by atoms with E-state index in [0.717, 1.165) is 39.7 Å². The van der Waals surface area contributed by atoms with Gasteiger partial charge in [-0.1, -0.05) is 6.07 Å². The van der Waals surface area contributed by atoms with E-state index in [2.05, 4.69) is 44.6 Å². The number of aromatic nitrogens is 4. The number of aromatic amines is 1. The van der Waals surface area contributed by atoms with Crippen LogP contribution < -0.4 is 10.6 Å². The Bertz CT molecular complexity index is 1140. The average molecular weight is 400 g/mol. The SMILES string of the molecule is CC(C)Nc1c(C(=O)NCCc2ccncc2)cnc2ccc(-c3cn[nH]c3)cc12. The van der Waals surface area contributed by atoms with Gasteiger partial charge >= 0.3 is 0 Å². The third-order valence-electron chi connectivity index (χ3n) is 4.83. The molecule has 0 aliphatic heterocycles.